The van der Waals surface area contributed by atoms with Gasteiger partial charge in [-0.15, -0.1) is 0 Å². The van der Waals surface area contributed by atoms with Crippen LogP contribution >= 0.6 is 0 Å². The summed E-state index contributed by atoms with van der Waals surface area (Å²) in [6, 6.07) is -0.157. The molecule has 0 saturated carbocycles. The van der Waals surface area contributed by atoms with Gasteiger partial charge in [0.25, 0.3) is 0 Å². The summed E-state index contributed by atoms with van der Waals surface area (Å²) in [6.07, 6.45) is 3.65. The van der Waals surface area contributed by atoms with Gasteiger partial charge in [0.15, 0.2) is 0 Å². The summed E-state index contributed by atoms with van der Waals surface area (Å²) < 4.78 is 5.29. The van der Waals surface area contributed by atoms with Crippen molar-refractivity contribution in [1.82, 2.24) is 15.5 Å². The Balaban J connectivity index is 1.57. The van der Waals surface area contributed by atoms with Gasteiger partial charge in [-0.2, -0.15) is 0 Å². The van der Waals surface area contributed by atoms with Crippen molar-refractivity contribution in [3.8, 4) is 0 Å². The first-order valence-corrected chi connectivity index (χ1v) is 7.60. The average molecular weight is 269 g/mol. The van der Waals surface area contributed by atoms with Crippen LogP contribution in [0.15, 0.2) is 0 Å². The first kappa shape index (κ1) is 14.8. The van der Waals surface area contributed by atoms with Crippen LogP contribution in [0, 0.1) is 5.92 Å². The number of piperidine rings is 1. The zero-order valence-corrected chi connectivity index (χ0v) is 12.0. The molecule has 2 rings (SSSR count). The van der Waals surface area contributed by atoms with E-state index in [1.54, 1.807) is 0 Å². The summed E-state index contributed by atoms with van der Waals surface area (Å²) in [5, 5.41) is 6.21. The number of rotatable bonds is 5. The van der Waals surface area contributed by atoms with E-state index >= 15 is 0 Å². The Morgan fingerprint density at radius 3 is 2.84 bits per heavy atom. The van der Waals surface area contributed by atoms with Gasteiger partial charge in [0.05, 0.1) is 13.2 Å². The molecule has 2 aliphatic rings. The van der Waals surface area contributed by atoms with Crippen molar-refractivity contribution in [3.63, 3.8) is 0 Å². The molecule has 1 atom stereocenters. The van der Waals surface area contributed by atoms with Gasteiger partial charge in [-0.25, -0.2) is 0 Å². The van der Waals surface area contributed by atoms with Crippen molar-refractivity contribution in [2.45, 2.75) is 32.2 Å². The first-order chi connectivity index (χ1) is 9.29. The SMILES string of the molecule is CCN1CCC(CCNC(=O)C2COCCN2)CC1. The van der Waals surface area contributed by atoms with Crippen molar-refractivity contribution in [3.05, 3.63) is 0 Å². The highest BCUT2D eigenvalue weighted by Gasteiger charge is 2.22. The fraction of sp³-hybridized carbons (Fsp3) is 0.929. The minimum atomic E-state index is -0.157. The Morgan fingerprint density at radius 2 is 2.21 bits per heavy atom. The molecule has 2 N–H and O–H groups in total. The fourth-order valence-corrected chi connectivity index (χ4v) is 2.85. The number of nitrogens with zero attached hydrogens (tertiary/aromatic N) is 1. The zero-order valence-electron chi connectivity index (χ0n) is 12.0. The molecule has 2 aliphatic heterocycles. The minimum Gasteiger partial charge on any atom is -0.378 e. The van der Waals surface area contributed by atoms with Gasteiger partial charge in [0.2, 0.25) is 5.91 Å². The van der Waals surface area contributed by atoms with E-state index in [1.807, 2.05) is 0 Å². The molecule has 1 amide bonds. The number of morpholine rings is 1. The highest BCUT2D eigenvalue weighted by molar-refractivity contribution is 5.81. The van der Waals surface area contributed by atoms with Crippen LogP contribution in [-0.4, -0.2) is 62.8 Å². The number of nitrogens with one attached hydrogen (secondary N) is 2. The van der Waals surface area contributed by atoms with E-state index in [2.05, 4.69) is 22.5 Å². The number of hydrogen-bond acceptors (Lipinski definition) is 4. The van der Waals surface area contributed by atoms with Crippen LogP contribution in [0.3, 0.4) is 0 Å². The van der Waals surface area contributed by atoms with Crippen LogP contribution < -0.4 is 10.6 Å². The molecule has 5 heteroatoms. The molecule has 0 aromatic heterocycles. The lowest BCUT2D eigenvalue weighted by Gasteiger charge is -2.31. The first-order valence-electron chi connectivity index (χ1n) is 7.60. The predicted octanol–water partition coefficient (Wildman–Crippen LogP) is 0.213. The lowest BCUT2D eigenvalue weighted by Crippen LogP contribution is -2.51. The summed E-state index contributed by atoms with van der Waals surface area (Å²) in [7, 11) is 0. The van der Waals surface area contributed by atoms with Gasteiger partial charge >= 0.3 is 0 Å². The minimum absolute atomic E-state index is 0.0886. The van der Waals surface area contributed by atoms with Gasteiger partial charge < -0.3 is 20.3 Å². The number of likely N-dealkylation sites (tertiary alicyclic amines) is 1. The second kappa shape index (κ2) is 7.82. The molecule has 19 heavy (non-hydrogen) atoms. The van der Waals surface area contributed by atoms with E-state index in [0.29, 0.717) is 13.2 Å². The Labute approximate surface area is 116 Å². The van der Waals surface area contributed by atoms with Crippen molar-refractivity contribution < 1.29 is 9.53 Å². The van der Waals surface area contributed by atoms with E-state index in [-0.39, 0.29) is 11.9 Å². The molecule has 2 fully saturated rings. The molecule has 2 heterocycles. The zero-order chi connectivity index (χ0) is 13.5. The Morgan fingerprint density at radius 1 is 1.42 bits per heavy atom. The highest BCUT2D eigenvalue weighted by Crippen LogP contribution is 2.19. The Bertz CT molecular complexity index is 272. The topological polar surface area (TPSA) is 53.6 Å². The van der Waals surface area contributed by atoms with Gasteiger partial charge in [-0.1, -0.05) is 6.92 Å². The third-order valence-electron chi connectivity index (χ3n) is 4.24. The molecule has 0 aliphatic carbocycles. The standard InChI is InChI=1S/C14H27N3O2/c1-2-17-8-4-12(5-9-17)3-6-16-14(18)13-11-19-10-7-15-13/h12-13,15H,2-11H2,1H3,(H,16,18). The molecule has 1 unspecified atom stereocenters. The summed E-state index contributed by atoms with van der Waals surface area (Å²) in [6.45, 7) is 8.60. The molecule has 5 nitrogen and oxygen atoms in total. The normalized spacial score (nSPS) is 26.3. The van der Waals surface area contributed by atoms with Gasteiger partial charge in [0.1, 0.15) is 6.04 Å². The summed E-state index contributed by atoms with van der Waals surface area (Å²) in [5.74, 6) is 0.865. The van der Waals surface area contributed by atoms with Crippen molar-refractivity contribution in [2.75, 3.05) is 45.9 Å². The van der Waals surface area contributed by atoms with Crippen molar-refractivity contribution in [1.29, 1.82) is 0 Å². The van der Waals surface area contributed by atoms with Crippen LogP contribution in [0.2, 0.25) is 0 Å². The maximum absolute atomic E-state index is 11.9. The lowest BCUT2D eigenvalue weighted by atomic mass is 9.93. The number of ether oxygens (including phenoxy) is 1. The van der Waals surface area contributed by atoms with Gasteiger partial charge in [-0.3, -0.25) is 4.79 Å². The molecule has 0 radical (unpaired) electrons. The van der Waals surface area contributed by atoms with Crippen molar-refractivity contribution in [2.24, 2.45) is 5.92 Å². The molecule has 0 aromatic carbocycles. The summed E-state index contributed by atoms with van der Waals surface area (Å²) in [4.78, 5) is 14.4. The van der Waals surface area contributed by atoms with E-state index in [9.17, 15) is 4.79 Å². The molecular weight excluding hydrogens is 242 g/mol. The van der Waals surface area contributed by atoms with Crippen LogP contribution in [0.1, 0.15) is 26.2 Å². The van der Waals surface area contributed by atoms with Crippen LogP contribution in [0.25, 0.3) is 0 Å². The van der Waals surface area contributed by atoms with Crippen LogP contribution in [0.4, 0.5) is 0 Å². The quantitative estimate of drug-likeness (QED) is 0.749. The number of hydrogen-bond donors (Lipinski definition) is 2. The third kappa shape index (κ3) is 4.75. The molecule has 110 valence electrons. The predicted molar refractivity (Wildman–Crippen MR) is 75.1 cm³/mol. The van der Waals surface area contributed by atoms with Crippen LogP contribution in [0.5, 0.6) is 0 Å². The lowest BCUT2D eigenvalue weighted by molar-refractivity contribution is -0.125. The van der Waals surface area contributed by atoms with Crippen LogP contribution in [-0.2, 0) is 9.53 Å². The second-order valence-corrected chi connectivity index (χ2v) is 5.54. The Hall–Kier alpha value is -0.650. The largest absolute Gasteiger partial charge is 0.378 e. The average Bonchev–Trinajstić information content (AvgIpc) is 2.49. The maximum Gasteiger partial charge on any atom is 0.239 e. The van der Waals surface area contributed by atoms with Gasteiger partial charge in [0, 0.05) is 13.1 Å². The fourth-order valence-electron chi connectivity index (χ4n) is 2.85. The summed E-state index contributed by atoms with van der Waals surface area (Å²) in [5.41, 5.74) is 0. The molecule has 2 saturated heterocycles. The molecule has 0 spiro atoms. The number of carbonyl (C=O) groups excluding carboxylic acids is 1. The summed E-state index contributed by atoms with van der Waals surface area (Å²) >= 11 is 0. The van der Waals surface area contributed by atoms with E-state index in [0.717, 1.165) is 32.0 Å². The van der Waals surface area contributed by atoms with Crippen molar-refractivity contribution >= 4 is 5.91 Å². The van der Waals surface area contributed by atoms with E-state index < -0.39 is 0 Å². The number of carbonyl (C=O) groups is 1. The monoisotopic (exact) mass is 269 g/mol. The van der Waals surface area contributed by atoms with E-state index in [1.165, 1.54) is 25.9 Å². The molecule has 0 aromatic rings. The van der Waals surface area contributed by atoms with E-state index in [4.69, 9.17) is 4.74 Å². The smallest absolute Gasteiger partial charge is 0.239 e. The molecular formula is C14H27N3O2. The highest BCUT2D eigenvalue weighted by atomic mass is 16.5. The Kier molecular flexibility index (Phi) is 6.07. The maximum atomic E-state index is 11.9. The van der Waals surface area contributed by atoms with Gasteiger partial charge in [-0.05, 0) is 44.8 Å². The third-order valence-corrected chi connectivity index (χ3v) is 4.24. The molecule has 0 bridgehead atoms. The second-order valence-electron chi connectivity index (χ2n) is 5.54. The number of amides is 1.